The van der Waals surface area contributed by atoms with Gasteiger partial charge in [0, 0.05) is 50.5 Å². The van der Waals surface area contributed by atoms with Gasteiger partial charge in [-0.1, -0.05) is 6.07 Å². The van der Waals surface area contributed by atoms with Crippen LogP contribution in [0.4, 0.5) is 0 Å². The summed E-state index contributed by atoms with van der Waals surface area (Å²) in [5.41, 5.74) is 2.76. The molecule has 1 saturated heterocycles. The van der Waals surface area contributed by atoms with Gasteiger partial charge in [0.1, 0.15) is 5.75 Å². The summed E-state index contributed by atoms with van der Waals surface area (Å²) in [6, 6.07) is 11.6. The molecule has 7 heteroatoms. The number of rotatable bonds is 7. The normalized spacial score (nSPS) is 16.0. The second-order valence-corrected chi connectivity index (χ2v) is 7.42. The van der Waals surface area contributed by atoms with Crippen LogP contribution in [0.25, 0.3) is 0 Å². The minimum absolute atomic E-state index is 0.0538. The van der Waals surface area contributed by atoms with Crippen LogP contribution in [0.1, 0.15) is 28.4 Å². The lowest BCUT2D eigenvalue weighted by Gasteiger charge is -2.35. The Labute approximate surface area is 177 Å². The molecule has 0 spiro atoms. The van der Waals surface area contributed by atoms with E-state index in [1.807, 2.05) is 42.2 Å². The van der Waals surface area contributed by atoms with Gasteiger partial charge in [0.15, 0.2) is 11.5 Å². The zero-order chi connectivity index (χ0) is 20.9. The summed E-state index contributed by atoms with van der Waals surface area (Å²) in [4.78, 5) is 17.3. The average Bonchev–Trinajstić information content (AvgIpc) is 3.25. The van der Waals surface area contributed by atoms with E-state index in [2.05, 4.69) is 11.0 Å². The Hall–Kier alpha value is -2.77. The maximum Gasteiger partial charge on any atom is 0.253 e. The fourth-order valence-electron chi connectivity index (χ4n) is 3.83. The number of hydrogen-bond donors (Lipinski definition) is 0. The number of piperazine rings is 1. The fourth-order valence-corrected chi connectivity index (χ4v) is 3.83. The first kappa shape index (κ1) is 20.5. The molecule has 1 fully saturated rings. The van der Waals surface area contributed by atoms with Gasteiger partial charge in [-0.3, -0.25) is 9.69 Å². The molecule has 30 heavy (non-hydrogen) atoms. The molecule has 2 aromatic rings. The summed E-state index contributed by atoms with van der Waals surface area (Å²) >= 11 is 0. The third kappa shape index (κ3) is 4.52. The van der Waals surface area contributed by atoms with Crippen LogP contribution < -0.4 is 14.2 Å². The Kier molecular flexibility index (Phi) is 6.40. The highest BCUT2D eigenvalue weighted by Gasteiger charge is 2.23. The number of carbonyl (C=O) groups is 1. The molecule has 2 heterocycles. The van der Waals surface area contributed by atoms with Crippen LogP contribution in [0.3, 0.4) is 0 Å². The van der Waals surface area contributed by atoms with Crippen molar-refractivity contribution in [1.29, 1.82) is 0 Å². The quantitative estimate of drug-likeness (QED) is 0.697. The number of hydrogen-bond acceptors (Lipinski definition) is 6. The predicted octanol–water partition coefficient (Wildman–Crippen LogP) is 2.92. The van der Waals surface area contributed by atoms with Gasteiger partial charge in [-0.05, 0) is 42.8 Å². The van der Waals surface area contributed by atoms with Crippen molar-refractivity contribution in [2.75, 3.05) is 46.7 Å². The van der Waals surface area contributed by atoms with Crippen LogP contribution in [0.5, 0.6) is 17.2 Å². The van der Waals surface area contributed by atoms with E-state index >= 15 is 0 Å². The van der Waals surface area contributed by atoms with Crippen molar-refractivity contribution in [2.45, 2.75) is 20.1 Å². The topological polar surface area (TPSA) is 60.5 Å². The lowest BCUT2D eigenvalue weighted by atomic mass is 10.1. The molecule has 0 bridgehead atoms. The SMILES string of the molecule is CCOCc1cc(C(=O)N2CCN(Cc3ccc4c(c3)OCO4)CC2)ccc1OC. The molecular weight excluding hydrogens is 384 g/mol. The molecular formula is C23H28N2O5. The molecule has 160 valence electrons. The van der Waals surface area contributed by atoms with Crippen molar-refractivity contribution >= 4 is 5.91 Å². The molecule has 2 aliphatic heterocycles. The number of carbonyl (C=O) groups excluding carboxylic acids is 1. The molecule has 0 radical (unpaired) electrons. The van der Waals surface area contributed by atoms with Gasteiger partial charge < -0.3 is 23.8 Å². The van der Waals surface area contributed by atoms with Crippen LogP contribution >= 0.6 is 0 Å². The Morgan fingerprint density at radius 2 is 1.83 bits per heavy atom. The van der Waals surface area contributed by atoms with Crippen LogP contribution in [0, 0.1) is 0 Å². The van der Waals surface area contributed by atoms with Crippen LogP contribution in [-0.4, -0.2) is 62.4 Å². The van der Waals surface area contributed by atoms with Crippen molar-refractivity contribution < 1.29 is 23.7 Å². The fraction of sp³-hybridized carbons (Fsp3) is 0.435. The summed E-state index contributed by atoms with van der Waals surface area (Å²) < 4.78 is 21.7. The molecule has 0 aliphatic carbocycles. The summed E-state index contributed by atoms with van der Waals surface area (Å²) in [7, 11) is 1.63. The lowest BCUT2D eigenvalue weighted by molar-refractivity contribution is 0.0628. The monoisotopic (exact) mass is 412 g/mol. The molecule has 0 atom stereocenters. The molecule has 2 aromatic carbocycles. The number of ether oxygens (including phenoxy) is 4. The molecule has 0 N–H and O–H groups in total. The first-order chi connectivity index (χ1) is 14.7. The van der Waals surface area contributed by atoms with Crippen molar-refractivity contribution in [3.8, 4) is 17.2 Å². The van der Waals surface area contributed by atoms with E-state index in [4.69, 9.17) is 18.9 Å². The molecule has 0 unspecified atom stereocenters. The van der Waals surface area contributed by atoms with Crippen LogP contribution in [-0.2, 0) is 17.9 Å². The number of nitrogens with zero attached hydrogens (tertiary/aromatic N) is 2. The highest BCUT2D eigenvalue weighted by atomic mass is 16.7. The van der Waals surface area contributed by atoms with E-state index in [1.54, 1.807) is 7.11 Å². The largest absolute Gasteiger partial charge is 0.496 e. The van der Waals surface area contributed by atoms with Crippen molar-refractivity contribution in [1.82, 2.24) is 9.80 Å². The summed E-state index contributed by atoms with van der Waals surface area (Å²) in [6.45, 7) is 7.20. The predicted molar refractivity (Wildman–Crippen MR) is 112 cm³/mol. The number of methoxy groups -OCH3 is 1. The van der Waals surface area contributed by atoms with Gasteiger partial charge in [-0.15, -0.1) is 0 Å². The summed E-state index contributed by atoms with van der Waals surface area (Å²) in [6.07, 6.45) is 0. The van der Waals surface area contributed by atoms with Crippen LogP contribution in [0.15, 0.2) is 36.4 Å². The smallest absolute Gasteiger partial charge is 0.253 e. The maximum atomic E-state index is 13.0. The Bertz CT molecular complexity index is 893. The van der Waals surface area contributed by atoms with Crippen molar-refractivity contribution in [2.24, 2.45) is 0 Å². The minimum Gasteiger partial charge on any atom is -0.496 e. The van der Waals surface area contributed by atoms with E-state index in [0.29, 0.717) is 31.9 Å². The molecule has 4 rings (SSSR count). The number of amides is 1. The van der Waals surface area contributed by atoms with Gasteiger partial charge in [-0.25, -0.2) is 0 Å². The lowest BCUT2D eigenvalue weighted by Crippen LogP contribution is -2.48. The zero-order valence-electron chi connectivity index (χ0n) is 17.6. The van der Waals surface area contributed by atoms with E-state index in [1.165, 1.54) is 5.56 Å². The molecule has 0 aromatic heterocycles. The standard InChI is InChI=1S/C23H28N2O5/c1-3-28-15-19-13-18(5-7-20(19)27-2)23(26)25-10-8-24(9-11-25)14-17-4-6-21-22(12-17)30-16-29-21/h4-7,12-13H,3,8-11,14-16H2,1-2H3. The van der Waals surface area contributed by atoms with Crippen molar-refractivity contribution in [3.63, 3.8) is 0 Å². The Morgan fingerprint density at radius 1 is 1.03 bits per heavy atom. The minimum atomic E-state index is 0.0538. The van der Waals surface area contributed by atoms with E-state index in [-0.39, 0.29) is 12.7 Å². The summed E-state index contributed by atoms with van der Waals surface area (Å²) in [5.74, 6) is 2.41. The van der Waals surface area contributed by atoms with Gasteiger partial charge in [-0.2, -0.15) is 0 Å². The number of benzene rings is 2. The molecule has 1 amide bonds. The molecule has 2 aliphatic rings. The zero-order valence-corrected chi connectivity index (χ0v) is 17.6. The van der Waals surface area contributed by atoms with Gasteiger partial charge in [0.05, 0.1) is 13.7 Å². The van der Waals surface area contributed by atoms with Gasteiger partial charge in [0.25, 0.3) is 5.91 Å². The second-order valence-electron chi connectivity index (χ2n) is 7.42. The van der Waals surface area contributed by atoms with E-state index < -0.39 is 0 Å². The van der Waals surface area contributed by atoms with E-state index in [0.717, 1.165) is 42.4 Å². The van der Waals surface area contributed by atoms with Crippen molar-refractivity contribution in [3.05, 3.63) is 53.1 Å². The third-order valence-corrected chi connectivity index (χ3v) is 5.49. The Balaban J connectivity index is 1.35. The van der Waals surface area contributed by atoms with E-state index in [9.17, 15) is 4.79 Å². The van der Waals surface area contributed by atoms with Gasteiger partial charge in [0.2, 0.25) is 6.79 Å². The highest BCUT2D eigenvalue weighted by Crippen LogP contribution is 2.33. The first-order valence-electron chi connectivity index (χ1n) is 10.3. The second kappa shape index (κ2) is 9.36. The molecule has 7 nitrogen and oxygen atoms in total. The number of fused-ring (bicyclic) bond motifs is 1. The Morgan fingerprint density at radius 3 is 2.60 bits per heavy atom. The third-order valence-electron chi connectivity index (χ3n) is 5.49. The average molecular weight is 412 g/mol. The highest BCUT2D eigenvalue weighted by molar-refractivity contribution is 5.94. The van der Waals surface area contributed by atoms with Crippen LogP contribution in [0.2, 0.25) is 0 Å². The maximum absolute atomic E-state index is 13.0. The summed E-state index contributed by atoms with van der Waals surface area (Å²) in [5, 5.41) is 0. The first-order valence-corrected chi connectivity index (χ1v) is 10.3. The van der Waals surface area contributed by atoms with Gasteiger partial charge >= 0.3 is 0 Å². The molecule has 0 saturated carbocycles.